The molecular weight excluding hydrogens is 176 g/mol. The van der Waals surface area contributed by atoms with Gasteiger partial charge in [-0.15, -0.1) is 0 Å². The van der Waals surface area contributed by atoms with Gasteiger partial charge in [-0.25, -0.2) is 4.98 Å². The SMILES string of the molecule is CCN(CC)c1ccc2ncoc2c1. The van der Waals surface area contributed by atoms with E-state index in [1.807, 2.05) is 12.1 Å². The smallest absolute Gasteiger partial charge is 0.181 e. The van der Waals surface area contributed by atoms with Crippen LogP contribution in [0.3, 0.4) is 0 Å². The first-order chi connectivity index (χ1) is 6.85. The van der Waals surface area contributed by atoms with E-state index in [4.69, 9.17) is 4.42 Å². The van der Waals surface area contributed by atoms with Crippen LogP contribution in [0.4, 0.5) is 5.69 Å². The van der Waals surface area contributed by atoms with Crippen molar-refractivity contribution < 1.29 is 4.42 Å². The monoisotopic (exact) mass is 190 g/mol. The predicted molar refractivity (Wildman–Crippen MR) is 57.6 cm³/mol. The van der Waals surface area contributed by atoms with Crippen LogP contribution in [0.25, 0.3) is 11.1 Å². The Labute approximate surface area is 83.3 Å². The van der Waals surface area contributed by atoms with E-state index in [1.165, 1.54) is 12.1 Å². The number of benzene rings is 1. The third-order valence-electron chi connectivity index (χ3n) is 2.44. The van der Waals surface area contributed by atoms with Gasteiger partial charge in [0.15, 0.2) is 12.0 Å². The summed E-state index contributed by atoms with van der Waals surface area (Å²) in [6.07, 6.45) is 1.48. The van der Waals surface area contributed by atoms with Crippen LogP contribution >= 0.6 is 0 Å². The highest BCUT2D eigenvalue weighted by molar-refractivity contribution is 5.77. The lowest BCUT2D eigenvalue weighted by Crippen LogP contribution is -2.21. The molecule has 2 aromatic rings. The fourth-order valence-electron chi connectivity index (χ4n) is 1.63. The van der Waals surface area contributed by atoms with Crippen LogP contribution in [-0.2, 0) is 0 Å². The Kier molecular flexibility index (Phi) is 2.39. The van der Waals surface area contributed by atoms with Crippen LogP contribution in [-0.4, -0.2) is 18.1 Å². The van der Waals surface area contributed by atoms with Crippen molar-refractivity contribution in [3.05, 3.63) is 24.6 Å². The Balaban J connectivity index is 2.42. The lowest BCUT2D eigenvalue weighted by Gasteiger charge is -2.20. The molecule has 1 aromatic heterocycles. The minimum absolute atomic E-state index is 0.856. The zero-order valence-electron chi connectivity index (χ0n) is 8.53. The van der Waals surface area contributed by atoms with Crippen molar-refractivity contribution in [3.63, 3.8) is 0 Å². The number of anilines is 1. The number of hydrogen-bond donors (Lipinski definition) is 0. The molecule has 0 aliphatic carbocycles. The summed E-state index contributed by atoms with van der Waals surface area (Å²) in [6, 6.07) is 6.11. The van der Waals surface area contributed by atoms with E-state index < -0.39 is 0 Å². The standard InChI is InChI=1S/C11H14N2O/c1-3-13(4-2)9-5-6-10-11(7-9)14-8-12-10/h5-8H,3-4H2,1-2H3. The lowest BCUT2D eigenvalue weighted by molar-refractivity contribution is 0.602. The normalized spacial score (nSPS) is 10.7. The number of nitrogens with zero attached hydrogens (tertiary/aromatic N) is 2. The topological polar surface area (TPSA) is 29.3 Å². The highest BCUT2D eigenvalue weighted by Crippen LogP contribution is 2.20. The Morgan fingerprint density at radius 1 is 1.29 bits per heavy atom. The van der Waals surface area contributed by atoms with Gasteiger partial charge in [-0.2, -0.15) is 0 Å². The van der Waals surface area contributed by atoms with Crippen LogP contribution in [0.15, 0.2) is 29.0 Å². The van der Waals surface area contributed by atoms with Gasteiger partial charge >= 0.3 is 0 Å². The zero-order valence-corrected chi connectivity index (χ0v) is 8.53. The second-order valence-electron chi connectivity index (χ2n) is 3.18. The zero-order chi connectivity index (χ0) is 9.97. The van der Waals surface area contributed by atoms with E-state index in [9.17, 15) is 0 Å². The van der Waals surface area contributed by atoms with Crippen molar-refractivity contribution in [1.82, 2.24) is 4.98 Å². The number of oxazole rings is 1. The number of fused-ring (bicyclic) bond motifs is 1. The summed E-state index contributed by atoms with van der Waals surface area (Å²) in [5, 5.41) is 0. The van der Waals surface area contributed by atoms with Crippen LogP contribution < -0.4 is 4.90 Å². The van der Waals surface area contributed by atoms with Crippen LogP contribution in [0.5, 0.6) is 0 Å². The summed E-state index contributed by atoms with van der Waals surface area (Å²) < 4.78 is 5.26. The molecule has 0 unspecified atom stereocenters. The van der Waals surface area contributed by atoms with Gasteiger partial charge in [0.05, 0.1) is 0 Å². The van der Waals surface area contributed by atoms with Gasteiger partial charge in [0.1, 0.15) is 5.52 Å². The molecule has 0 N–H and O–H groups in total. The van der Waals surface area contributed by atoms with Crippen LogP contribution in [0.1, 0.15) is 13.8 Å². The maximum atomic E-state index is 5.26. The van der Waals surface area contributed by atoms with Gasteiger partial charge in [0.25, 0.3) is 0 Å². The molecule has 0 saturated carbocycles. The van der Waals surface area contributed by atoms with Crippen molar-refractivity contribution in [3.8, 4) is 0 Å². The molecule has 3 heteroatoms. The molecule has 0 bridgehead atoms. The van der Waals surface area contributed by atoms with Gasteiger partial charge in [-0.1, -0.05) is 0 Å². The molecule has 0 spiro atoms. The molecule has 2 rings (SSSR count). The largest absolute Gasteiger partial charge is 0.443 e. The molecule has 1 aromatic carbocycles. The quantitative estimate of drug-likeness (QED) is 0.745. The molecule has 0 aliphatic heterocycles. The Hall–Kier alpha value is -1.51. The highest BCUT2D eigenvalue weighted by Gasteiger charge is 2.04. The van der Waals surface area contributed by atoms with Gasteiger partial charge in [0, 0.05) is 24.8 Å². The molecular formula is C11H14N2O. The summed E-state index contributed by atoms with van der Waals surface area (Å²) in [5.74, 6) is 0. The number of rotatable bonds is 3. The predicted octanol–water partition coefficient (Wildman–Crippen LogP) is 2.67. The molecule has 0 amide bonds. The summed E-state index contributed by atoms with van der Waals surface area (Å²) in [6.45, 7) is 6.31. The molecule has 0 saturated heterocycles. The molecule has 0 aliphatic rings. The van der Waals surface area contributed by atoms with Crippen molar-refractivity contribution in [2.24, 2.45) is 0 Å². The molecule has 0 atom stereocenters. The van der Waals surface area contributed by atoms with E-state index in [2.05, 4.69) is 29.8 Å². The van der Waals surface area contributed by atoms with Crippen LogP contribution in [0.2, 0.25) is 0 Å². The molecule has 0 fully saturated rings. The van der Waals surface area contributed by atoms with E-state index in [0.717, 1.165) is 24.2 Å². The van der Waals surface area contributed by atoms with Crippen molar-refractivity contribution >= 4 is 16.8 Å². The van der Waals surface area contributed by atoms with Crippen LogP contribution in [0, 0.1) is 0 Å². The minimum atomic E-state index is 0.856. The average Bonchev–Trinajstić information content (AvgIpc) is 2.66. The van der Waals surface area contributed by atoms with Gasteiger partial charge in [-0.3, -0.25) is 0 Å². The van der Waals surface area contributed by atoms with Crippen molar-refractivity contribution in [1.29, 1.82) is 0 Å². The van der Waals surface area contributed by atoms with Crippen molar-refractivity contribution in [2.45, 2.75) is 13.8 Å². The van der Waals surface area contributed by atoms with Gasteiger partial charge in [-0.05, 0) is 26.0 Å². The Morgan fingerprint density at radius 2 is 2.07 bits per heavy atom. The number of aromatic nitrogens is 1. The second kappa shape index (κ2) is 3.70. The molecule has 74 valence electrons. The highest BCUT2D eigenvalue weighted by atomic mass is 16.3. The first-order valence-corrected chi connectivity index (χ1v) is 4.93. The Bertz CT molecular complexity index is 418. The third-order valence-corrected chi connectivity index (χ3v) is 2.44. The lowest BCUT2D eigenvalue weighted by atomic mass is 10.2. The first-order valence-electron chi connectivity index (χ1n) is 4.93. The van der Waals surface area contributed by atoms with E-state index in [1.54, 1.807) is 0 Å². The fourth-order valence-corrected chi connectivity index (χ4v) is 1.63. The molecule has 14 heavy (non-hydrogen) atoms. The molecule has 3 nitrogen and oxygen atoms in total. The Morgan fingerprint density at radius 3 is 2.79 bits per heavy atom. The summed E-state index contributed by atoms with van der Waals surface area (Å²) in [4.78, 5) is 6.37. The maximum Gasteiger partial charge on any atom is 0.181 e. The average molecular weight is 190 g/mol. The summed E-state index contributed by atoms with van der Waals surface area (Å²) >= 11 is 0. The van der Waals surface area contributed by atoms with Crippen molar-refractivity contribution in [2.75, 3.05) is 18.0 Å². The van der Waals surface area contributed by atoms with E-state index >= 15 is 0 Å². The fraction of sp³-hybridized carbons (Fsp3) is 0.364. The third kappa shape index (κ3) is 1.45. The summed E-state index contributed by atoms with van der Waals surface area (Å²) in [7, 11) is 0. The maximum absolute atomic E-state index is 5.26. The minimum Gasteiger partial charge on any atom is -0.443 e. The summed E-state index contributed by atoms with van der Waals surface area (Å²) in [5.41, 5.74) is 2.97. The second-order valence-corrected chi connectivity index (χ2v) is 3.18. The number of hydrogen-bond acceptors (Lipinski definition) is 3. The van der Waals surface area contributed by atoms with E-state index in [0.29, 0.717) is 0 Å². The molecule has 1 heterocycles. The van der Waals surface area contributed by atoms with Gasteiger partial charge < -0.3 is 9.32 Å². The first kappa shape index (κ1) is 9.06. The van der Waals surface area contributed by atoms with Gasteiger partial charge in [0.2, 0.25) is 0 Å². The molecule has 0 radical (unpaired) electrons. The van der Waals surface area contributed by atoms with E-state index in [-0.39, 0.29) is 0 Å².